The van der Waals surface area contributed by atoms with E-state index in [0.29, 0.717) is 0 Å². The molecule has 0 aliphatic rings. The summed E-state index contributed by atoms with van der Waals surface area (Å²) in [4.78, 5) is 0. The Morgan fingerprint density at radius 1 is 1.17 bits per heavy atom. The third-order valence-electron chi connectivity index (χ3n) is 0.158. The Morgan fingerprint density at radius 2 is 1.50 bits per heavy atom. The predicted octanol–water partition coefficient (Wildman–Crippen LogP) is -1.26. The molecule has 0 saturated heterocycles. The van der Waals surface area contributed by atoms with Crippen LogP contribution in [0.5, 0.6) is 0 Å². The van der Waals surface area contributed by atoms with Gasteiger partial charge in [0, 0.05) is 11.9 Å². The van der Waals surface area contributed by atoms with Crippen LogP contribution < -0.4 is 0 Å². The second-order valence-corrected chi connectivity index (χ2v) is 0.493. The normalized spacial score (nSPS) is 3.00. The van der Waals surface area contributed by atoms with Gasteiger partial charge in [0.1, 0.15) is 0 Å². The summed E-state index contributed by atoms with van der Waals surface area (Å²) in [7, 11) is 0. The zero-order valence-electron chi connectivity index (χ0n) is 2.60. The van der Waals surface area contributed by atoms with Gasteiger partial charge < -0.3 is 0 Å². The minimum absolute atomic E-state index is 0. The summed E-state index contributed by atoms with van der Waals surface area (Å²) < 4.78 is 0. The molecule has 0 rings (SSSR count). The van der Waals surface area contributed by atoms with Crippen molar-refractivity contribution in [2.24, 2.45) is 0 Å². The molecular formula is C2H2BKN2. The fourth-order valence-corrected chi connectivity index (χ4v) is 0.0354. The van der Waals surface area contributed by atoms with E-state index in [4.69, 9.17) is 10.5 Å². The number of rotatable bonds is 0. The zero-order valence-corrected chi connectivity index (χ0v) is 2.60. The zero-order chi connectivity index (χ0) is 4.12. The van der Waals surface area contributed by atoms with Crippen LogP contribution in [0.3, 0.4) is 0 Å². The Kier molecular flexibility index (Phi) is 15.1. The van der Waals surface area contributed by atoms with Crippen molar-refractivity contribution in [3.05, 3.63) is 0 Å². The molecule has 0 spiro atoms. The Bertz CT molecular complexity index is 76.7. The molecule has 0 amide bonds. The molecule has 0 radical (unpaired) electrons. The molecule has 0 aliphatic heterocycles. The van der Waals surface area contributed by atoms with Gasteiger partial charge in [-0.25, -0.2) is 10.5 Å². The van der Waals surface area contributed by atoms with Gasteiger partial charge in [-0.2, -0.15) is 0 Å². The summed E-state index contributed by atoms with van der Waals surface area (Å²) in [5.41, 5.74) is 0. The molecule has 0 aromatic rings. The van der Waals surface area contributed by atoms with Crippen LogP contribution in [0.1, 0.15) is 0 Å². The van der Waals surface area contributed by atoms with Crippen LogP contribution in [-0.4, -0.2) is 58.7 Å². The van der Waals surface area contributed by atoms with Crippen molar-refractivity contribution in [1.82, 2.24) is 0 Å². The fraction of sp³-hybridized carbons (Fsp3) is 0. The van der Waals surface area contributed by atoms with E-state index in [9.17, 15) is 0 Å². The number of nitriles is 2. The van der Waals surface area contributed by atoms with Crippen LogP contribution in [0, 0.1) is 22.5 Å². The summed E-state index contributed by atoms with van der Waals surface area (Å²) in [5.74, 6) is 3.31. The van der Waals surface area contributed by atoms with Gasteiger partial charge in [-0.05, 0) is 0 Å². The van der Waals surface area contributed by atoms with Crippen LogP contribution in [-0.2, 0) is 0 Å². The average Bonchev–Trinajstić information content (AvgIpc) is 1.41. The first kappa shape index (κ1) is 9.84. The molecule has 2 nitrogen and oxygen atoms in total. The van der Waals surface area contributed by atoms with Crippen molar-refractivity contribution in [2.75, 3.05) is 0 Å². The van der Waals surface area contributed by atoms with Crippen molar-refractivity contribution >= 4 is 58.7 Å². The third kappa shape index (κ3) is 8.82. The van der Waals surface area contributed by atoms with Crippen molar-refractivity contribution in [2.45, 2.75) is 0 Å². The van der Waals surface area contributed by atoms with E-state index in [2.05, 4.69) is 0 Å². The van der Waals surface area contributed by atoms with Crippen molar-refractivity contribution in [3.63, 3.8) is 0 Å². The molecule has 0 bridgehead atoms. The summed E-state index contributed by atoms with van der Waals surface area (Å²) >= 11 is 0. The van der Waals surface area contributed by atoms with Crippen LogP contribution in [0.15, 0.2) is 0 Å². The van der Waals surface area contributed by atoms with E-state index in [0.717, 1.165) is 0 Å². The predicted molar refractivity (Wildman–Crippen MR) is 25.5 cm³/mol. The van der Waals surface area contributed by atoms with Gasteiger partial charge in [-0.15, -0.1) is 0 Å². The first-order chi connectivity index (χ1) is 2.41. The summed E-state index contributed by atoms with van der Waals surface area (Å²) in [6.45, 7) is 0. The first-order valence-electron chi connectivity index (χ1n) is 1.15. The molecule has 6 heavy (non-hydrogen) atoms. The Hall–Kier alpha value is 0.681. The van der Waals surface area contributed by atoms with Crippen molar-refractivity contribution < 1.29 is 0 Å². The Labute approximate surface area is 79.8 Å². The van der Waals surface area contributed by atoms with E-state index < -0.39 is 0 Å². The van der Waals surface area contributed by atoms with Crippen LogP contribution in [0.2, 0.25) is 0 Å². The molecule has 4 heteroatoms. The van der Waals surface area contributed by atoms with Gasteiger partial charge in [0.15, 0.2) is 0 Å². The van der Waals surface area contributed by atoms with Crippen LogP contribution >= 0.6 is 0 Å². The van der Waals surface area contributed by atoms with E-state index in [-0.39, 0.29) is 58.7 Å². The first-order valence-corrected chi connectivity index (χ1v) is 1.15. The molecule has 0 saturated carbocycles. The van der Waals surface area contributed by atoms with E-state index in [1.807, 2.05) is 0 Å². The fourth-order valence-electron chi connectivity index (χ4n) is 0.0354. The van der Waals surface area contributed by atoms with Gasteiger partial charge in [0.25, 0.3) is 0 Å². The molecule has 0 N–H and O–H groups in total. The quantitative estimate of drug-likeness (QED) is 0.360. The van der Waals surface area contributed by atoms with Crippen LogP contribution in [0.4, 0.5) is 0 Å². The second kappa shape index (κ2) is 9.19. The third-order valence-corrected chi connectivity index (χ3v) is 0.158. The number of nitrogens with zero attached hydrogens (tertiary/aromatic N) is 2. The van der Waals surface area contributed by atoms with Crippen LogP contribution in [0.25, 0.3) is 0 Å². The minimum atomic E-state index is 0. The van der Waals surface area contributed by atoms with Crippen molar-refractivity contribution in [1.29, 1.82) is 10.5 Å². The molecule has 0 unspecified atom stereocenters. The molecule has 0 fully saturated rings. The molecule has 0 aliphatic carbocycles. The van der Waals surface area contributed by atoms with Gasteiger partial charge in [0.05, 0.1) is 0 Å². The van der Waals surface area contributed by atoms with E-state index >= 15 is 0 Å². The molecule has 0 aromatic carbocycles. The standard InChI is InChI=1S/C2HBN2.K.H/c4-1-3-2-5;;/h3H;;. The average molecular weight is 104 g/mol. The number of hydrogen-bond donors (Lipinski definition) is 0. The Morgan fingerprint density at radius 3 is 1.50 bits per heavy atom. The van der Waals surface area contributed by atoms with E-state index in [1.165, 1.54) is 0 Å². The van der Waals surface area contributed by atoms with Gasteiger partial charge in [-0.3, -0.25) is 0 Å². The maximum absolute atomic E-state index is 7.59. The van der Waals surface area contributed by atoms with Gasteiger partial charge in [-0.1, -0.05) is 0 Å². The monoisotopic (exact) mass is 104 g/mol. The van der Waals surface area contributed by atoms with E-state index in [1.54, 1.807) is 11.9 Å². The van der Waals surface area contributed by atoms with Gasteiger partial charge in [0.2, 0.25) is 0 Å². The Balaban J connectivity index is 0. The molecular weight excluding hydrogens is 102 g/mol. The SMILES string of the molecule is N#CBC#N.[KH]. The molecule has 0 heterocycles. The molecule has 0 aromatic heterocycles. The summed E-state index contributed by atoms with van der Waals surface area (Å²) in [6, 6.07) is 0. The molecule has 24 valence electrons. The number of hydrogen-bond acceptors (Lipinski definition) is 2. The second-order valence-electron chi connectivity index (χ2n) is 0.493. The topological polar surface area (TPSA) is 47.6 Å². The maximum atomic E-state index is 7.59. The molecule has 0 atom stereocenters. The summed E-state index contributed by atoms with van der Waals surface area (Å²) in [6.07, 6.45) is 0. The van der Waals surface area contributed by atoms with Crippen molar-refractivity contribution in [3.8, 4) is 11.9 Å². The summed E-state index contributed by atoms with van der Waals surface area (Å²) in [5, 5.41) is 15.2. The van der Waals surface area contributed by atoms with Gasteiger partial charge >= 0.3 is 58.7 Å².